The molecule has 0 bridgehead atoms. The number of ketones is 1. The van der Waals surface area contributed by atoms with Gasteiger partial charge in [-0.2, -0.15) is 0 Å². The van der Waals surface area contributed by atoms with E-state index < -0.39 is 0 Å². The van der Waals surface area contributed by atoms with Crippen LogP contribution in [0.15, 0.2) is 59.4 Å². The Labute approximate surface area is 160 Å². The predicted molar refractivity (Wildman–Crippen MR) is 109 cm³/mol. The SMILES string of the molecule is Cc1cccc(Cn2c(O)c(/C=C3\C(=O)C=Cc4ccccc43)sc2=O)c1. The van der Waals surface area contributed by atoms with Crippen LogP contribution >= 0.6 is 11.3 Å². The minimum atomic E-state index is -0.257. The fraction of sp³-hybridized carbons (Fsp3) is 0.0909. The molecule has 0 saturated carbocycles. The van der Waals surface area contributed by atoms with Crippen LogP contribution in [0.4, 0.5) is 0 Å². The maximum atomic E-state index is 12.4. The van der Waals surface area contributed by atoms with E-state index in [-0.39, 0.29) is 23.1 Å². The van der Waals surface area contributed by atoms with Gasteiger partial charge in [0.2, 0.25) is 5.88 Å². The van der Waals surface area contributed by atoms with Crippen LogP contribution in [0.2, 0.25) is 0 Å². The van der Waals surface area contributed by atoms with Crippen molar-refractivity contribution in [3.8, 4) is 5.88 Å². The largest absolute Gasteiger partial charge is 0.493 e. The van der Waals surface area contributed by atoms with Crippen LogP contribution in [0.1, 0.15) is 27.1 Å². The maximum absolute atomic E-state index is 12.4. The summed E-state index contributed by atoms with van der Waals surface area (Å²) in [6.07, 6.45) is 4.90. The first-order chi connectivity index (χ1) is 13.0. The van der Waals surface area contributed by atoms with Crippen molar-refractivity contribution >= 4 is 34.8 Å². The molecule has 1 aliphatic rings. The van der Waals surface area contributed by atoms with E-state index >= 15 is 0 Å². The third kappa shape index (κ3) is 3.29. The summed E-state index contributed by atoms with van der Waals surface area (Å²) in [6, 6.07) is 15.4. The number of nitrogens with zero attached hydrogens (tertiary/aromatic N) is 1. The zero-order valence-electron chi connectivity index (χ0n) is 14.7. The second-order valence-corrected chi connectivity index (χ2v) is 7.47. The van der Waals surface area contributed by atoms with E-state index in [0.29, 0.717) is 10.5 Å². The molecule has 4 rings (SSSR count). The lowest BCUT2D eigenvalue weighted by Gasteiger charge is -2.12. The number of aryl methyl sites for hydroxylation is 1. The minimum absolute atomic E-state index is 0.112. The first-order valence-corrected chi connectivity index (χ1v) is 9.36. The molecule has 2 aromatic carbocycles. The second-order valence-electron chi connectivity index (χ2n) is 6.47. The van der Waals surface area contributed by atoms with Gasteiger partial charge in [0, 0.05) is 5.57 Å². The normalized spacial score (nSPS) is 14.6. The third-order valence-corrected chi connectivity index (χ3v) is 5.44. The van der Waals surface area contributed by atoms with Gasteiger partial charge in [0.1, 0.15) is 0 Å². The van der Waals surface area contributed by atoms with Gasteiger partial charge in [-0.15, -0.1) is 0 Å². The second kappa shape index (κ2) is 6.85. The van der Waals surface area contributed by atoms with Gasteiger partial charge in [0.25, 0.3) is 0 Å². The summed E-state index contributed by atoms with van der Waals surface area (Å²) in [6.45, 7) is 2.27. The highest BCUT2D eigenvalue weighted by atomic mass is 32.1. The molecule has 0 spiro atoms. The Balaban J connectivity index is 1.76. The molecule has 27 heavy (non-hydrogen) atoms. The third-order valence-electron chi connectivity index (χ3n) is 4.52. The molecule has 0 unspecified atom stereocenters. The Morgan fingerprint density at radius 2 is 1.89 bits per heavy atom. The topological polar surface area (TPSA) is 59.3 Å². The van der Waals surface area contributed by atoms with Crippen molar-refractivity contribution in [3.05, 3.63) is 91.4 Å². The molecule has 5 heteroatoms. The summed E-state index contributed by atoms with van der Waals surface area (Å²) in [5.74, 6) is -0.252. The fourth-order valence-electron chi connectivity index (χ4n) is 3.20. The highest BCUT2D eigenvalue weighted by molar-refractivity contribution is 7.10. The summed E-state index contributed by atoms with van der Waals surface area (Å²) in [4.78, 5) is 24.9. The van der Waals surface area contributed by atoms with Crippen molar-refractivity contribution in [2.24, 2.45) is 0 Å². The van der Waals surface area contributed by atoms with Crippen LogP contribution in [0, 0.1) is 6.92 Å². The number of hydrogen-bond acceptors (Lipinski definition) is 4. The van der Waals surface area contributed by atoms with Gasteiger partial charge in [-0.05, 0) is 35.8 Å². The molecule has 0 amide bonds. The van der Waals surface area contributed by atoms with E-state index in [1.54, 1.807) is 12.2 Å². The van der Waals surface area contributed by atoms with E-state index in [9.17, 15) is 14.7 Å². The zero-order valence-corrected chi connectivity index (χ0v) is 15.5. The lowest BCUT2D eigenvalue weighted by Crippen LogP contribution is -2.13. The van der Waals surface area contributed by atoms with E-state index in [2.05, 4.69) is 0 Å². The van der Waals surface area contributed by atoms with E-state index in [0.717, 1.165) is 33.6 Å². The maximum Gasteiger partial charge on any atom is 0.310 e. The number of carbonyl (C=O) groups is 1. The lowest BCUT2D eigenvalue weighted by atomic mass is 9.91. The van der Waals surface area contributed by atoms with Gasteiger partial charge in [-0.25, -0.2) is 0 Å². The molecule has 0 saturated heterocycles. The van der Waals surface area contributed by atoms with Crippen molar-refractivity contribution in [1.82, 2.24) is 4.57 Å². The van der Waals surface area contributed by atoms with Gasteiger partial charge in [0.05, 0.1) is 11.4 Å². The smallest absolute Gasteiger partial charge is 0.310 e. The standard InChI is InChI=1S/C22H17NO3S/c1-14-5-4-6-15(11-14)13-23-21(25)20(27-22(23)26)12-18-17-8-3-2-7-16(17)9-10-19(18)24/h2-12,25H,13H2,1H3/b18-12-. The van der Waals surface area contributed by atoms with Crippen LogP contribution < -0.4 is 4.87 Å². The van der Waals surface area contributed by atoms with Gasteiger partial charge < -0.3 is 5.11 Å². The monoisotopic (exact) mass is 375 g/mol. The highest BCUT2D eigenvalue weighted by Gasteiger charge is 2.20. The molecule has 0 fully saturated rings. The molecule has 0 atom stereocenters. The van der Waals surface area contributed by atoms with Crippen LogP contribution in [-0.4, -0.2) is 15.5 Å². The number of benzene rings is 2. The van der Waals surface area contributed by atoms with Gasteiger partial charge in [-0.1, -0.05) is 71.5 Å². The molecule has 4 nitrogen and oxygen atoms in total. The van der Waals surface area contributed by atoms with E-state index in [1.165, 1.54) is 10.6 Å². The minimum Gasteiger partial charge on any atom is -0.493 e. The van der Waals surface area contributed by atoms with Crippen molar-refractivity contribution in [1.29, 1.82) is 0 Å². The average molecular weight is 375 g/mol. The molecule has 134 valence electrons. The summed E-state index contributed by atoms with van der Waals surface area (Å²) in [5, 5.41) is 10.6. The molecule has 1 aromatic heterocycles. The number of allylic oxidation sites excluding steroid dienone is 2. The summed E-state index contributed by atoms with van der Waals surface area (Å²) in [7, 11) is 0. The first kappa shape index (κ1) is 17.2. The van der Waals surface area contributed by atoms with Crippen LogP contribution in [0.3, 0.4) is 0 Å². The van der Waals surface area contributed by atoms with E-state index in [1.807, 2.05) is 55.5 Å². The molecule has 3 aromatic rings. The molecular formula is C22H17NO3S. The summed E-state index contributed by atoms with van der Waals surface area (Å²) >= 11 is 0.939. The molecule has 1 heterocycles. The van der Waals surface area contributed by atoms with Crippen molar-refractivity contribution in [2.45, 2.75) is 13.5 Å². The predicted octanol–water partition coefficient (Wildman–Crippen LogP) is 4.11. The van der Waals surface area contributed by atoms with Crippen molar-refractivity contribution in [3.63, 3.8) is 0 Å². The zero-order chi connectivity index (χ0) is 19.0. The molecule has 1 aliphatic carbocycles. The van der Waals surface area contributed by atoms with E-state index in [4.69, 9.17) is 0 Å². The molecule has 0 aliphatic heterocycles. The Bertz CT molecular complexity index is 1160. The quantitative estimate of drug-likeness (QED) is 0.701. The Morgan fingerprint density at radius 3 is 2.70 bits per heavy atom. The number of thiazole rings is 1. The van der Waals surface area contributed by atoms with Gasteiger partial charge in [-0.3, -0.25) is 14.2 Å². The molecule has 1 N–H and O–H groups in total. The Kier molecular flexibility index (Phi) is 4.38. The highest BCUT2D eigenvalue weighted by Crippen LogP contribution is 2.31. The number of hydrogen-bond donors (Lipinski definition) is 1. The first-order valence-electron chi connectivity index (χ1n) is 8.54. The van der Waals surface area contributed by atoms with Gasteiger partial charge in [0.15, 0.2) is 5.78 Å². The molecular weight excluding hydrogens is 358 g/mol. The summed E-state index contributed by atoms with van der Waals surface area (Å²) in [5.41, 5.74) is 4.25. The summed E-state index contributed by atoms with van der Waals surface area (Å²) < 4.78 is 1.33. The van der Waals surface area contributed by atoms with Gasteiger partial charge >= 0.3 is 4.87 Å². The van der Waals surface area contributed by atoms with Crippen LogP contribution in [0.25, 0.3) is 17.7 Å². The van der Waals surface area contributed by atoms with Crippen molar-refractivity contribution < 1.29 is 9.90 Å². The Hall–Kier alpha value is -3.18. The van der Waals surface area contributed by atoms with Crippen molar-refractivity contribution in [2.75, 3.05) is 0 Å². The molecule has 0 radical (unpaired) electrons. The number of aromatic hydroxyl groups is 1. The van der Waals surface area contributed by atoms with Crippen LogP contribution in [0.5, 0.6) is 5.88 Å². The Morgan fingerprint density at radius 1 is 1.07 bits per heavy atom. The lowest BCUT2D eigenvalue weighted by molar-refractivity contribution is -0.109. The number of carbonyl (C=O) groups excluding carboxylic acids is 1. The van der Waals surface area contributed by atoms with Crippen LogP contribution in [-0.2, 0) is 11.3 Å². The average Bonchev–Trinajstić information content (AvgIpc) is 2.92. The fourth-order valence-corrected chi connectivity index (χ4v) is 4.02. The number of fused-ring (bicyclic) bond motifs is 1. The number of rotatable bonds is 3. The number of aromatic nitrogens is 1.